The number of nitrogens with zero attached hydrogens (tertiary/aromatic N) is 1. The van der Waals surface area contributed by atoms with Gasteiger partial charge in [-0.15, -0.1) is 12.4 Å². The topological polar surface area (TPSA) is 102 Å². The molecule has 0 saturated carbocycles. The standard InChI is InChI=1S/C18H23N3O4S.ClH/c1-13(12-19)20-18(22)14-5-4-6-17(11-14)26(23,24)21(2)15-7-9-16(25-3)10-8-15;/h4-11,13H,12,19H2,1-3H3,(H,20,22);1H/t13-;/m0./s1. The monoisotopic (exact) mass is 413 g/mol. The Labute approximate surface area is 166 Å². The molecule has 0 unspecified atom stereocenters. The number of anilines is 1. The normalized spacial score (nSPS) is 11.9. The Bertz CT molecular complexity index is 872. The van der Waals surface area contributed by atoms with Crippen LogP contribution in [0.1, 0.15) is 17.3 Å². The maximum absolute atomic E-state index is 12.9. The third-order valence-corrected chi connectivity index (χ3v) is 5.70. The van der Waals surface area contributed by atoms with E-state index < -0.39 is 10.0 Å². The lowest BCUT2D eigenvalue weighted by Crippen LogP contribution is -2.37. The van der Waals surface area contributed by atoms with Gasteiger partial charge < -0.3 is 15.8 Å². The molecule has 2 rings (SSSR count). The molecule has 3 N–H and O–H groups in total. The molecule has 1 amide bonds. The van der Waals surface area contributed by atoms with E-state index in [1.54, 1.807) is 37.3 Å². The molecule has 0 aliphatic rings. The van der Waals surface area contributed by atoms with Crippen LogP contribution in [0.4, 0.5) is 5.69 Å². The van der Waals surface area contributed by atoms with Crippen LogP contribution in [0.5, 0.6) is 5.75 Å². The van der Waals surface area contributed by atoms with Crippen LogP contribution in [0, 0.1) is 0 Å². The lowest BCUT2D eigenvalue weighted by Gasteiger charge is -2.20. The number of methoxy groups -OCH3 is 1. The molecule has 2 aromatic rings. The van der Waals surface area contributed by atoms with Crippen LogP contribution in [-0.2, 0) is 10.0 Å². The molecule has 1 atom stereocenters. The van der Waals surface area contributed by atoms with Crippen molar-refractivity contribution in [1.29, 1.82) is 0 Å². The van der Waals surface area contributed by atoms with Gasteiger partial charge >= 0.3 is 0 Å². The number of nitrogens with one attached hydrogen (secondary N) is 1. The number of halogens is 1. The van der Waals surface area contributed by atoms with Gasteiger partial charge in [-0.1, -0.05) is 6.07 Å². The smallest absolute Gasteiger partial charge is 0.264 e. The van der Waals surface area contributed by atoms with Crippen molar-refractivity contribution in [1.82, 2.24) is 5.32 Å². The van der Waals surface area contributed by atoms with Crippen molar-refractivity contribution in [2.75, 3.05) is 25.0 Å². The Morgan fingerprint density at radius 1 is 1.22 bits per heavy atom. The average Bonchev–Trinajstić information content (AvgIpc) is 2.67. The van der Waals surface area contributed by atoms with Crippen LogP contribution in [0.15, 0.2) is 53.4 Å². The molecular formula is C18H24ClN3O4S. The fourth-order valence-corrected chi connectivity index (χ4v) is 3.49. The first-order valence-electron chi connectivity index (χ1n) is 8.03. The molecule has 0 saturated heterocycles. The number of nitrogens with two attached hydrogens (primary N) is 1. The van der Waals surface area contributed by atoms with Gasteiger partial charge in [0.05, 0.1) is 17.7 Å². The molecular weight excluding hydrogens is 390 g/mol. The van der Waals surface area contributed by atoms with E-state index >= 15 is 0 Å². The van der Waals surface area contributed by atoms with Gasteiger partial charge in [0.25, 0.3) is 15.9 Å². The molecule has 7 nitrogen and oxygen atoms in total. The van der Waals surface area contributed by atoms with Crippen molar-refractivity contribution >= 4 is 34.0 Å². The predicted octanol–water partition coefficient (Wildman–Crippen LogP) is 2.02. The number of sulfonamides is 1. The molecule has 9 heteroatoms. The fraction of sp³-hybridized carbons (Fsp3) is 0.278. The minimum Gasteiger partial charge on any atom is -0.497 e. The summed E-state index contributed by atoms with van der Waals surface area (Å²) in [6.07, 6.45) is 0. The second-order valence-electron chi connectivity index (χ2n) is 5.81. The number of hydrogen-bond acceptors (Lipinski definition) is 5. The van der Waals surface area contributed by atoms with Crippen molar-refractivity contribution in [2.45, 2.75) is 17.9 Å². The molecule has 0 aromatic heterocycles. The highest BCUT2D eigenvalue weighted by molar-refractivity contribution is 7.92. The summed E-state index contributed by atoms with van der Waals surface area (Å²) in [5.74, 6) is 0.263. The largest absolute Gasteiger partial charge is 0.497 e. The van der Waals surface area contributed by atoms with Gasteiger partial charge in [-0.2, -0.15) is 0 Å². The van der Waals surface area contributed by atoms with E-state index in [9.17, 15) is 13.2 Å². The van der Waals surface area contributed by atoms with Crippen LogP contribution in [-0.4, -0.2) is 41.1 Å². The molecule has 0 bridgehead atoms. The summed E-state index contributed by atoms with van der Waals surface area (Å²) in [6.45, 7) is 2.07. The Hall–Kier alpha value is -2.29. The van der Waals surface area contributed by atoms with Gasteiger partial charge in [0.1, 0.15) is 5.75 Å². The molecule has 27 heavy (non-hydrogen) atoms. The highest BCUT2D eigenvalue weighted by atomic mass is 35.5. The second-order valence-corrected chi connectivity index (χ2v) is 7.78. The zero-order chi connectivity index (χ0) is 19.3. The van der Waals surface area contributed by atoms with E-state index in [1.807, 2.05) is 0 Å². The van der Waals surface area contributed by atoms with Crippen LogP contribution in [0.25, 0.3) is 0 Å². The van der Waals surface area contributed by atoms with E-state index in [0.29, 0.717) is 18.0 Å². The van der Waals surface area contributed by atoms with Crippen LogP contribution in [0.3, 0.4) is 0 Å². The van der Waals surface area contributed by atoms with E-state index in [-0.39, 0.29) is 34.8 Å². The van der Waals surface area contributed by atoms with Gasteiger partial charge in [0.2, 0.25) is 0 Å². The molecule has 0 aliphatic carbocycles. The quantitative estimate of drug-likeness (QED) is 0.723. The van der Waals surface area contributed by atoms with Crippen LogP contribution >= 0.6 is 12.4 Å². The first-order valence-corrected chi connectivity index (χ1v) is 9.47. The molecule has 0 spiro atoms. The first-order chi connectivity index (χ1) is 12.3. The van der Waals surface area contributed by atoms with Crippen LogP contribution in [0.2, 0.25) is 0 Å². The molecule has 0 aliphatic heterocycles. The summed E-state index contributed by atoms with van der Waals surface area (Å²) in [6, 6.07) is 12.4. The van der Waals surface area contributed by atoms with Crippen molar-refractivity contribution in [3.8, 4) is 5.75 Å². The highest BCUT2D eigenvalue weighted by Gasteiger charge is 2.22. The molecule has 0 heterocycles. The predicted molar refractivity (Wildman–Crippen MR) is 108 cm³/mol. The highest BCUT2D eigenvalue weighted by Crippen LogP contribution is 2.24. The van der Waals surface area contributed by atoms with E-state index in [0.717, 1.165) is 4.31 Å². The summed E-state index contributed by atoms with van der Waals surface area (Å²) in [4.78, 5) is 12.2. The Kier molecular flexibility index (Phi) is 8.08. The Balaban J connectivity index is 0.00000364. The SMILES string of the molecule is COc1ccc(N(C)S(=O)(=O)c2cccc(C(=O)N[C@@H](C)CN)c2)cc1.Cl. The van der Waals surface area contributed by atoms with E-state index in [1.165, 1.54) is 32.4 Å². The minimum absolute atomic E-state index is 0. The van der Waals surface area contributed by atoms with Crippen molar-refractivity contribution in [2.24, 2.45) is 5.73 Å². The van der Waals surface area contributed by atoms with Crippen molar-refractivity contribution in [3.63, 3.8) is 0 Å². The van der Waals surface area contributed by atoms with E-state index in [2.05, 4.69) is 5.32 Å². The maximum atomic E-state index is 12.9. The number of hydrogen-bond donors (Lipinski definition) is 2. The Morgan fingerprint density at radius 2 is 1.85 bits per heavy atom. The minimum atomic E-state index is -3.81. The molecule has 0 fully saturated rings. The van der Waals surface area contributed by atoms with Gasteiger partial charge in [-0.3, -0.25) is 9.10 Å². The number of rotatable bonds is 7. The first kappa shape index (κ1) is 22.8. The number of carbonyl (C=O) groups is 1. The summed E-state index contributed by atoms with van der Waals surface area (Å²) < 4.78 is 32.0. The van der Waals surface area contributed by atoms with Crippen molar-refractivity contribution < 1.29 is 17.9 Å². The number of ether oxygens (including phenoxy) is 1. The van der Waals surface area contributed by atoms with Crippen molar-refractivity contribution in [3.05, 3.63) is 54.1 Å². The summed E-state index contributed by atoms with van der Waals surface area (Å²) in [7, 11) is -0.816. The molecule has 0 radical (unpaired) electrons. The maximum Gasteiger partial charge on any atom is 0.264 e. The molecule has 2 aromatic carbocycles. The van der Waals surface area contributed by atoms with Gasteiger partial charge in [-0.25, -0.2) is 8.42 Å². The summed E-state index contributed by atoms with van der Waals surface area (Å²) in [5.41, 5.74) is 6.24. The number of amides is 1. The zero-order valence-corrected chi connectivity index (χ0v) is 17.0. The number of benzene rings is 2. The zero-order valence-electron chi connectivity index (χ0n) is 15.4. The summed E-state index contributed by atoms with van der Waals surface area (Å²) >= 11 is 0. The third-order valence-electron chi connectivity index (χ3n) is 3.92. The molecule has 148 valence electrons. The fourth-order valence-electron chi connectivity index (χ4n) is 2.25. The van der Waals surface area contributed by atoms with Crippen LogP contribution < -0.4 is 20.1 Å². The Morgan fingerprint density at radius 3 is 2.41 bits per heavy atom. The summed E-state index contributed by atoms with van der Waals surface area (Å²) in [5, 5.41) is 2.71. The van der Waals surface area contributed by atoms with E-state index in [4.69, 9.17) is 10.5 Å². The third kappa shape index (κ3) is 5.35. The second kappa shape index (κ2) is 9.59. The number of carbonyl (C=O) groups excluding carboxylic acids is 1. The van der Waals surface area contributed by atoms with Gasteiger partial charge in [-0.05, 0) is 49.4 Å². The van der Waals surface area contributed by atoms with Gasteiger partial charge in [0, 0.05) is 25.2 Å². The average molecular weight is 414 g/mol. The lowest BCUT2D eigenvalue weighted by molar-refractivity contribution is 0.0941. The lowest BCUT2D eigenvalue weighted by atomic mass is 10.2. The van der Waals surface area contributed by atoms with Gasteiger partial charge in [0.15, 0.2) is 0 Å².